The third-order valence-electron chi connectivity index (χ3n) is 6.86. The average molecular weight is 444 g/mol. The number of nitrogens with one attached hydrogen (secondary N) is 1. The molecular weight excluding hydrogens is 406 g/mol. The standard InChI is InChI=1S/C24H37N5O3/c1-7-29(8-2)23(31)24(14-10-9-11-15-24)26-19(30)13-12-18-16(3)20-21(25-17(18)4)28(5)27-22(20)32-6/h7-15H2,1-6H3,(H,26,30). The second kappa shape index (κ2) is 9.88. The minimum atomic E-state index is -0.764. The summed E-state index contributed by atoms with van der Waals surface area (Å²) in [6, 6.07) is 0. The fraction of sp³-hybridized carbons (Fsp3) is 0.667. The van der Waals surface area contributed by atoms with E-state index in [1.807, 2.05) is 39.6 Å². The number of fused-ring (bicyclic) bond motifs is 1. The van der Waals surface area contributed by atoms with Crippen molar-refractivity contribution in [1.82, 2.24) is 25.0 Å². The van der Waals surface area contributed by atoms with Crippen LogP contribution in [0.3, 0.4) is 0 Å². The fourth-order valence-corrected chi connectivity index (χ4v) is 5.04. The lowest BCUT2D eigenvalue weighted by Gasteiger charge is -2.40. The zero-order chi connectivity index (χ0) is 23.5. The molecule has 0 radical (unpaired) electrons. The molecule has 8 heteroatoms. The SMILES string of the molecule is CCN(CC)C(=O)C1(NC(=O)CCc2c(C)nc3c(c(OC)nn3C)c2C)CCCCC1. The number of carbonyl (C=O) groups excluding carboxylic acids is 2. The number of amides is 2. The van der Waals surface area contributed by atoms with Crippen molar-refractivity contribution in [2.24, 2.45) is 7.05 Å². The highest BCUT2D eigenvalue weighted by Crippen LogP contribution is 2.32. The Kier molecular flexibility index (Phi) is 7.41. The maximum absolute atomic E-state index is 13.3. The van der Waals surface area contributed by atoms with Gasteiger partial charge >= 0.3 is 0 Å². The second-order valence-corrected chi connectivity index (χ2v) is 8.80. The average Bonchev–Trinajstić information content (AvgIpc) is 3.10. The predicted octanol–water partition coefficient (Wildman–Crippen LogP) is 3.21. The van der Waals surface area contributed by atoms with Gasteiger partial charge in [-0.1, -0.05) is 19.3 Å². The Morgan fingerprint density at radius 2 is 1.81 bits per heavy atom. The van der Waals surface area contributed by atoms with Crippen LogP contribution in [0.5, 0.6) is 5.88 Å². The lowest BCUT2D eigenvalue weighted by atomic mass is 9.80. The van der Waals surface area contributed by atoms with Gasteiger partial charge in [-0.15, -0.1) is 5.10 Å². The minimum Gasteiger partial charge on any atom is -0.479 e. The molecule has 0 aromatic carbocycles. The Morgan fingerprint density at radius 1 is 1.16 bits per heavy atom. The van der Waals surface area contributed by atoms with Crippen molar-refractivity contribution in [3.05, 3.63) is 16.8 Å². The molecule has 1 aliphatic rings. The molecule has 2 aromatic heterocycles. The Hall–Kier alpha value is -2.64. The van der Waals surface area contributed by atoms with Crippen LogP contribution in [0.2, 0.25) is 0 Å². The molecule has 3 rings (SSSR count). The number of likely N-dealkylation sites (N-methyl/N-ethyl adjacent to an activating group) is 1. The molecule has 0 unspecified atom stereocenters. The molecule has 0 saturated heterocycles. The van der Waals surface area contributed by atoms with Crippen LogP contribution >= 0.6 is 0 Å². The van der Waals surface area contributed by atoms with Crippen LogP contribution in [0.1, 0.15) is 69.2 Å². The molecule has 1 N–H and O–H groups in total. The number of rotatable bonds is 8. The summed E-state index contributed by atoms with van der Waals surface area (Å²) < 4.78 is 7.16. The molecule has 8 nitrogen and oxygen atoms in total. The number of aryl methyl sites for hydroxylation is 3. The maximum atomic E-state index is 13.3. The van der Waals surface area contributed by atoms with Gasteiger partial charge in [0.1, 0.15) is 5.54 Å². The van der Waals surface area contributed by atoms with Crippen LogP contribution in [-0.2, 0) is 23.1 Å². The molecule has 0 bridgehead atoms. The number of ether oxygens (including phenoxy) is 1. The lowest BCUT2D eigenvalue weighted by molar-refractivity contribution is -0.143. The van der Waals surface area contributed by atoms with E-state index in [2.05, 4.69) is 10.4 Å². The summed E-state index contributed by atoms with van der Waals surface area (Å²) >= 11 is 0. The van der Waals surface area contributed by atoms with Crippen LogP contribution in [0.4, 0.5) is 0 Å². The monoisotopic (exact) mass is 443 g/mol. The molecule has 176 valence electrons. The zero-order valence-corrected chi connectivity index (χ0v) is 20.4. The number of hydrogen-bond acceptors (Lipinski definition) is 5. The van der Waals surface area contributed by atoms with Crippen LogP contribution in [-0.4, -0.2) is 57.2 Å². The van der Waals surface area contributed by atoms with Crippen LogP contribution < -0.4 is 10.1 Å². The van der Waals surface area contributed by atoms with E-state index in [0.717, 1.165) is 47.1 Å². The van der Waals surface area contributed by atoms with Gasteiger partial charge in [-0.25, -0.2) is 9.67 Å². The van der Waals surface area contributed by atoms with Gasteiger partial charge in [-0.2, -0.15) is 0 Å². The number of aromatic nitrogens is 3. The first kappa shape index (κ1) is 24.0. The topological polar surface area (TPSA) is 89.3 Å². The summed E-state index contributed by atoms with van der Waals surface area (Å²) in [4.78, 5) is 32.9. The van der Waals surface area contributed by atoms with Crippen molar-refractivity contribution >= 4 is 22.8 Å². The number of methoxy groups -OCH3 is 1. The van der Waals surface area contributed by atoms with E-state index < -0.39 is 5.54 Å². The van der Waals surface area contributed by atoms with Crippen molar-refractivity contribution in [2.45, 2.75) is 78.2 Å². The van der Waals surface area contributed by atoms with E-state index in [9.17, 15) is 9.59 Å². The summed E-state index contributed by atoms with van der Waals surface area (Å²) in [5.74, 6) is 0.528. The van der Waals surface area contributed by atoms with Gasteiger partial charge in [0.2, 0.25) is 17.7 Å². The number of hydrogen-bond donors (Lipinski definition) is 1. The van der Waals surface area contributed by atoms with E-state index in [-0.39, 0.29) is 11.8 Å². The third-order valence-corrected chi connectivity index (χ3v) is 6.86. The number of carbonyl (C=O) groups is 2. The molecular formula is C24H37N5O3. The number of nitrogens with zero attached hydrogens (tertiary/aromatic N) is 4. The minimum absolute atomic E-state index is 0.0612. The highest BCUT2D eigenvalue weighted by molar-refractivity contribution is 5.92. The Morgan fingerprint density at radius 3 is 2.41 bits per heavy atom. The van der Waals surface area contributed by atoms with E-state index in [4.69, 9.17) is 9.72 Å². The largest absolute Gasteiger partial charge is 0.479 e. The van der Waals surface area contributed by atoms with Crippen molar-refractivity contribution in [2.75, 3.05) is 20.2 Å². The predicted molar refractivity (Wildman–Crippen MR) is 125 cm³/mol. The van der Waals surface area contributed by atoms with Gasteiger partial charge < -0.3 is 15.0 Å². The lowest BCUT2D eigenvalue weighted by Crippen LogP contribution is -2.60. The Balaban J connectivity index is 1.80. The van der Waals surface area contributed by atoms with Crippen molar-refractivity contribution < 1.29 is 14.3 Å². The van der Waals surface area contributed by atoms with Crippen LogP contribution in [0.15, 0.2) is 0 Å². The first-order valence-corrected chi connectivity index (χ1v) is 11.7. The summed E-state index contributed by atoms with van der Waals surface area (Å²) in [7, 11) is 3.45. The van der Waals surface area contributed by atoms with Gasteiger partial charge in [-0.05, 0) is 58.1 Å². The van der Waals surface area contributed by atoms with Gasteiger partial charge in [0.05, 0.1) is 12.5 Å². The van der Waals surface area contributed by atoms with Crippen molar-refractivity contribution in [3.8, 4) is 5.88 Å². The van der Waals surface area contributed by atoms with E-state index >= 15 is 0 Å². The molecule has 0 aliphatic heterocycles. The Bertz CT molecular complexity index is 987. The molecule has 1 fully saturated rings. The quantitative estimate of drug-likeness (QED) is 0.677. The second-order valence-electron chi connectivity index (χ2n) is 8.80. The first-order valence-electron chi connectivity index (χ1n) is 11.7. The molecule has 1 saturated carbocycles. The smallest absolute Gasteiger partial charge is 0.248 e. The van der Waals surface area contributed by atoms with Gasteiger partial charge in [0, 0.05) is 32.3 Å². The van der Waals surface area contributed by atoms with E-state index in [0.29, 0.717) is 44.7 Å². The van der Waals surface area contributed by atoms with Crippen molar-refractivity contribution in [3.63, 3.8) is 0 Å². The highest BCUT2D eigenvalue weighted by Gasteiger charge is 2.42. The summed E-state index contributed by atoms with van der Waals surface area (Å²) in [5.41, 5.74) is 2.97. The summed E-state index contributed by atoms with van der Waals surface area (Å²) in [6.07, 6.45) is 5.34. The number of pyridine rings is 1. The van der Waals surface area contributed by atoms with Crippen LogP contribution in [0, 0.1) is 13.8 Å². The summed E-state index contributed by atoms with van der Waals surface area (Å²) in [6.45, 7) is 9.28. The molecule has 0 spiro atoms. The molecule has 2 aromatic rings. The molecule has 1 aliphatic carbocycles. The van der Waals surface area contributed by atoms with E-state index in [1.165, 1.54) is 0 Å². The maximum Gasteiger partial charge on any atom is 0.248 e. The zero-order valence-electron chi connectivity index (χ0n) is 20.4. The fourth-order valence-electron chi connectivity index (χ4n) is 5.04. The Labute approximate surface area is 190 Å². The van der Waals surface area contributed by atoms with Crippen molar-refractivity contribution in [1.29, 1.82) is 0 Å². The van der Waals surface area contributed by atoms with Gasteiger partial charge in [0.25, 0.3) is 0 Å². The molecule has 2 amide bonds. The van der Waals surface area contributed by atoms with Gasteiger partial charge in [0.15, 0.2) is 5.65 Å². The van der Waals surface area contributed by atoms with Crippen LogP contribution in [0.25, 0.3) is 11.0 Å². The third kappa shape index (κ3) is 4.45. The molecule has 32 heavy (non-hydrogen) atoms. The van der Waals surface area contributed by atoms with E-state index in [1.54, 1.807) is 11.8 Å². The normalized spacial score (nSPS) is 15.6. The summed E-state index contributed by atoms with van der Waals surface area (Å²) in [5, 5.41) is 8.44. The first-order chi connectivity index (χ1) is 15.3. The van der Waals surface area contributed by atoms with Gasteiger partial charge in [-0.3, -0.25) is 9.59 Å². The molecule has 0 atom stereocenters. The molecule has 2 heterocycles. The highest BCUT2D eigenvalue weighted by atomic mass is 16.5.